The lowest BCUT2D eigenvalue weighted by molar-refractivity contribution is -0.152. The van der Waals surface area contributed by atoms with E-state index in [-0.39, 0.29) is 5.97 Å². The van der Waals surface area contributed by atoms with Gasteiger partial charge in [-0.05, 0) is 57.1 Å². The molecule has 0 amide bonds. The molecule has 2 atom stereocenters. The summed E-state index contributed by atoms with van der Waals surface area (Å²) < 4.78 is 5.38. The molecule has 2 fully saturated rings. The lowest BCUT2D eigenvalue weighted by Gasteiger charge is -2.39. The molecule has 1 N–H and O–H groups in total. The fraction of sp³-hybridized carbons (Fsp3) is 0.938. The van der Waals surface area contributed by atoms with Crippen LogP contribution >= 0.6 is 11.8 Å². The second-order valence-electron chi connectivity index (χ2n) is 6.67. The van der Waals surface area contributed by atoms with Gasteiger partial charge in [0.15, 0.2) is 0 Å². The smallest absolute Gasteiger partial charge is 0.326 e. The van der Waals surface area contributed by atoms with Gasteiger partial charge in [-0.25, -0.2) is 0 Å². The minimum Gasteiger partial charge on any atom is -0.465 e. The van der Waals surface area contributed by atoms with Crippen molar-refractivity contribution >= 4 is 17.7 Å². The van der Waals surface area contributed by atoms with E-state index in [9.17, 15) is 4.79 Å². The van der Waals surface area contributed by atoms with Crippen molar-refractivity contribution in [1.82, 2.24) is 5.32 Å². The average molecular weight is 299 g/mol. The Morgan fingerprint density at radius 2 is 2.15 bits per heavy atom. The topological polar surface area (TPSA) is 38.3 Å². The third-order valence-corrected chi connectivity index (χ3v) is 5.83. The van der Waals surface area contributed by atoms with Gasteiger partial charge in [0.25, 0.3) is 0 Å². The van der Waals surface area contributed by atoms with Crippen molar-refractivity contribution < 1.29 is 9.53 Å². The number of carbonyl (C=O) groups excluding carboxylic acids is 1. The molecule has 0 bridgehead atoms. The summed E-state index contributed by atoms with van der Waals surface area (Å²) in [6.45, 7) is 6.90. The molecule has 116 valence electrons. The lowest BCUT2D eigenvalue weighted by Crippen LogP contribution is -2.57. The van der Waals surface area contributed by atoms with Crippen LogP contribution in [0.25, 0.3) is 0 Å². The van der Waals surface area contributed by atoms with E-state index in [0.29, 0.717) is 17.9 Å². The van der Waals surface area contributed by atoms with Crippen LogP contribution in [-0.2, 0) is 9.53 Å². The van der Waals surface area contributed by atoms with Crippen LogP contribution in [0.1, 0.15) is 59.3 Å². The largest absolute Gasteiger partial charge is 0.465 e. The maximum atomic E-state index is 12.5. The summed E-state index contributed by atoms with van der Waals surface area (Å²) in [7, 11) is 0. The van der Waals surface area contributed by atoms with E-state index >= 15 is 0 Å². The molecule has 2 rings (SSSR count). The first-order valence-corrected chi connectivity index (χ1v) is 9.17. The molecule has 20 heavy (non-hydrogen) atoms. The molecule has 2 aliphatic rings. The van der Waals surface area contributed by atoms with Crippen molar-refractivity contribution in [2.45, 2.75) is 76.1 Å². The predicted molar refractivity (Wildman–Crippen MR) is 85.1 cm³/mol. The molecule has 2 saturated carbocycles. The van der Waals surface area contributed by atoms with Crippen LogP contribution in [0.4, 0.5) is 0 Å². The van der Waals surface area contributed by atoms with Gasteiger partial charge in [0, 0.05) is 11.3 Å². The summed E-state index contributed by atoms with van der Waals surface area (Å²) in [5.41, 5.74) is -0.399. The highest BCUT2D eigenvalue weighted by Gasteiger charge is 2.46. The zero-order valence-corrected chi connectivity index (χ0v) is 13.9. The minimum atomic E-state index is -0.399. The van der Waals surface area contributed by atoms with Crippen molar-refractivity contribution in [2.24, 2.45) is 5.92 Å². The molecule has 3 nitrogen and oxygen atoms in total. The number of hydrogen-bond acceptors (Lipinski definition) is 4. The lowest BCUT2D eigenvalue weighted by atomic mass is 9.81. The number of nitrogens with one attached hydrogen (secondary N) is 1. The van der Waals surface area contributed by atoms with E-state index in [1.165, 1.54) is 25.0 Å². The van der Waals surface area contributed by atoms with Crippen LogP contribution in [0, 0.1) is 5.92 Å². The summed E-state index contributed by atoms with van der Waals surface area (Å²) in [5.74, 6) is 1.89. The SMILES string of the molecule is CCOC(=O)C1(NC2CC2)CCCC(SCC(C)C)C1. The summed E-state index contributed by atoms with van der Waals surface area (Å²) in [6, 6.07) is 0.549. The van der Waals surface area contributed by atoms with Gasteiger partial charge in [0.2, 0.25) is 0 Å². The summed E-state index contributed by atoms with van der Waals surface area (Å²) in [5, 5.41) is 4.22. The van der Waals surface area contributed by atoms with Gasteiger partial charge >= 0.3 is 5.97 Å². The number of carbonyl (C=O) groups is 1. The molecular weight excluding hydrogens is 270 g/mol. The normalized spacial score (nSPS) is 30.5. The van der Waals surface area contributed by atoms with Crippen LogP contribution in [0.5, 0.6) is 0 Å². The second-order valence-corrected chi connectivity index (χ2v) is 8.00. The van der Waals surface area contributed by atoms with Crippen molar-refractivity contribution in [2.75, 3.05) is 12.4 Å². The highest BCUT2D eigenvalue weighted by molar-refractivity contribution is 7.99. The quantitative estimate of drug-likeness (QED) is 0.732. The van der Waals surface area contributed by atoms with E-state index in [2.05, 4.69) is 19.2 Å². The van der Waals surface area contributed by atoms with Crippen LogP contribution in [0.2, 0.25) is 0 Å². The van der Waals surface area contributed by atoms with Gasteiger partial charge in [0.1, 0.15) is 5.54 Å². The number of rotatable bonds is 7. The van der Waals surface area contributed by atoms with E-state index < -0.39 is 5.54 Å². The van der Waals surface area contributed by atoms with E-state index in [1.54, 1.807) is 0 Å². The van der Waals surface area contributed by atoms with Crippen LogP contribution in [0.3, 0.4) is 0 Å². The number of ether oxygens (including phenoxy) is 1. The van der Waals surface area contributed by atoms with Gasteiger partial charge in [-0.2, -0.15) is 11.8 Å². The summed E-state index contributed by atoms with van der Waals surface area (Å²) in [4.78, 5) is 12.5. The Labute approximate surface area is 127 Å². The Morgan fingerprint density at radius 1 is 1.40 bits per heavy atom. The highest BCUT2D eigenvalue weighted by Crippen LogP contribution is 2.38. The van der Waals surface area contributed by atoms with Gasteiger partial charge < -0.3 is 4.74 Å². The Hall–Kier alpha value is -0.220. The predicted octanol–water partition coefficient (Wildman–Crippen LogP) is 3.37. The van der Waals surface area contributed by atoms with Crippen LogP contribution in [-0.4, -0.2) is 35.2 Å². The molecule has 2 unspecified atom stereocenters. The number of esters is 1. The molecule has 0 heterocycles. The number of thioether (sulfide) groups is 1. The molecule has 0 spiro atoms. The molecule has 0 radical (unpaired) electrons. The average Bonchev–Trinajstić information content (AvgIpc) is 3.21. The minimum absolute atomic E-state index is 0.0123. The van der Waals surface area contributed by atoms with E-state index in [0.717, 1.165) is 25.2 Å². The molecule has 0 aliphatic heterocycles. The Kier molecular flexibility index (Phi) is 5.79. The first-order valence-electron chi connectivity index (χ1n) is 8.12. The van der Waals surface area contributed by atoms with Crippen molar-refractivity contribution in [1.29, 1.82) is 0 Å². The van der Waals surface area contributed by atoms with Crippen molar-refractivity contribution in [3.05, 3.63) is 0 Å². The zero-order valence-electron chi connectivity index (χ0n) is 13.1. The Balaban J connectivity index is 1.99. The van der Waals surface area contributed by atoms with Gasteiger partial charge in [-0.3, -0.25) is 10.1 Å². The fourth-order valence-corrected chi connectivity index (χ4v) is 4.35. The van der Waals surface area contributed by atoms with E-state index in [4.69, 9.17) is 4.74 Å². The van der Waals surface area contributed by atoms with Gasteiger partial charge in [-0.1, -0.05) is 13.8 Å². The standard InChI is InChI=1S/C16H29NO2S/c1-4-19-15(18)16(17-13-7-8-13)9-5-6-14(10-16)20-11-12(2)3/h12-14,17H,4-11H2,1-3H3. The third kappa shape index (κ3) is 4.39. The van der Waals surface area contributed by atoms with Crippen LogP contribution in [0.15, 0.2) is 0 Å². The molecule has 0 aromatic rings. The molecular formula is C16H29NO2S. The Bertz CT molecular complexity index is 330. The number of hydrogen-bond donors (Lipinski definition) is 1. The third-order valence-electron chi connectivity index (χ3n) is 4.09. The maximum absolute atomic E-state index is 12.5. The zero-order chi connectivity index (χ0) is 14.6. The van der Waals surface area contributed by atoms with Crippen molar-refractivity contribution in [3.63, 3.8) is 0 Å². The molecule has 4 heteroatoms. The van der Waals surface area contributed by atoms with Gasteiger partial charge in [-0.15, -0.1) is 0 Å². The molecule has 0 aromatic carbocycles. The van der Waals surface area contributed by atoms with Gasteiger partial charge in [0.05, 0.1) is 6.61 Å². The maximum Gasteiger partial charge on any atom is 0.326 e. The highest BCUT2D eigenvalue weighted by atomic mass is 32.2. The Morgan fingerprint density at radius 3 is 2.75 bits per heavy atom. The first kappa shape index (κ1) is 16.2. The van der Waals surface area contributed by atoms with Crippen LogP contribution < -0.4 is 5.32 Å². The molecule has 0 aromatic heterocycles. The summed E-state index contributed by atoms with van der Waals surface area (Å²) >= 11 is 2.04. The summed E-state index contributed by atoms with van der Waals surface area (Å²) in [6.07, 6.45) is 6.69. The van der Waals surface area contributed by atoms with E-state index in [1.807, 2.05) is 18.7 Å². The first-order chi connectivity index (χ1) is 9.55. The monoisotopic (exact) mass is 299 g/mol. The molecule has 0 saturated heterocycles. The molecule has 2 aliphatic carbocycles. The second kappa shape index (κ2) is 7.17. The fourth-order valence-electron chi connectivity index (χ4n) is 2.96. The van der Waals surface area contributed by atoms with Crippen molar-refractivity contribution in [3.8, 4) is 0 Å².